The van der Waals surface area contributed by atoms with Crippen molar-refractivity contribution in [3.8, 4) is 0 Å². The van der Waals surface area contributed by atoms with Gasteiger partial charge in [0.2, 0.25) is 0 Å². The molecule has 2 rings (SSSR count). The van der Waals surface area contributed by atoms with Crippen LogP contribution >= 0.6 is 15.9 Å². The summed E-state index contributed by atoms with van der Waals surface area (Å²) in [6.45, 7) is 2.42. The largest absolute Gasteiger partial charge is 0.378 e. The molecular weight excluding hydrogens is 322 g/mol. The molecule has 0 aliphatic carbocycles. The SMILES string of the molecule is CN(C)CCn1ncc(Br)c1C(=O)CCC1CCCO1. The van der Waals surface area contributed by atoms with Crippen molar-refractivity contribution >= 4 is 21.7 Å². The zero-order valence-corrected chi connectivity index (χ0v) is 13.7. The van der Waals surface area contributed by atoms with Gasteiger partial charge in [-0.25, -0.2) is 0 Å². The van der Waals surface area contributed by atoms with Gasteiger partial charge in [0.15, 0.2) is 5.78 Å². The Labute approximate surface area is 128 Å². The van der Waals surface area contributed by atoms with E-state index in [1.807, 2.05) is 14.1 Å². The average Bonchev–Trinajstić information content (AvgIpc) is 3.03. The number of hydrogen-bond donors (Lipinski definition) is 0. The van der Waals surface area contributed by atoms with Gasteiger partial charge in [-0.2, -0.15) is 5.10 Å². The summed E-state index contributed by atoms with van der Waals surface area (Å²) in [5.74, 6) is 0.142. The lowest BCUT2D eigenvalue weighted by molar-refractivity contribution is 0.0851. The van der Waals surface area contributed by atoms with E-state index in [1.165, 1.54) is 0 Å². The second-order valence-electron chi connectivity index (χ2n) is 5.46. The number of carbonyl (C=O) groups is 1. The lowest BCUT2D eigenvalue weighted by Gasteiger charge is -2.12. The second-order valence-corrected chi connectivity index (χ2v) is 6.32. The molecule has 0 aromatic carbocycles. The van der Waals surface area contributed by atoms with Crippen LogP contribution in [-0.4, -0.2) is 53.8 Å². The van der Waals surface area contributed by atoms with Gasteiger partial charge < -0.3 is 9.64 Å². The summed E-state index contributed by atoms with van der Waals surface area (Å²) >= 11 is 3.43. The van der Waals surface area contributed by atoms with Crippen LogP contribution in [0.3, 0.4) is 0 Å². The minimum atomic E-state index is 0.142. The number of halogens is 1. The zero-order chi connectivity index (χ0) is 14.5. The highest BCUT2D eigenvalue weighted by molar-refractivity contribution is 9.10. The molecule has 1 saturated heterocycles. The summed E-state index contributed by atoms with van der Waals surface area (Å²) in [5.41, 5.74) is 0.685. The summed E-state index contributed by atoms with van der Waals surface area (Å²) in [7, 11) is 4.02. The molecule has 2 heterocycles. The standard InChI is InChI=1S/C14H22BrN3O2/c1-17(2)7-8-18-14(12(15)10-16-18)13(19)6-5-11-4-3-9-20-11/h10-11H,3-9H2,1-2H3. The molecule has 1 aromatic rings. The minimum Gasteiger partial charge on any atom is -0.378 e. The molecule has 5 nitrogen and oxygen atoms in total. The summed E-state index contributed by atoms with van der Waals surface area (Å²) in [6.07, 6.45) is 5.49. The molecule has 0 spiro atoms. The Morgan fingerprint density at radius 1 is 1.60 bits per heavy atom. The predicted octanol–water partition coefficient (Wildman–Crippen LogP) is 2.35. The third-order valence-corrected chi connectivity index (χ3v) is 4.12. The third kappa shape index (κ3) is 4.14. The van der Waals surface area contributed by atoms with Gasteiger partial charge in [-0.3, -0.25) is 9.48 Å². The minimum absolute atomic E-state index is 0.142. The normalized spacial score (nSPS) is 18.9. The molecule has 0 saturated carbocycles. The van der Waals surface area contributed by atoms with Crippen LogP contribution < -0.4 is 0 Å². The number of ketones is 1. The molecule has 112 valence electrons. The fourth-order valence-corrected chi connectivity index (χ4v) is 2.90. The molecule has 6 heteroatoms. The molecule has 20 heavy (non-hydrogen) atoms. The maximum Gasteiger partial charge on any atom is 0.182 e. The molecule has 1 aromatic heterocycles. The first-order valence-electron chi connectivity index (χ1n) is 7.08. The quantitative estimate of drug-likeness (QED) is 0.713. The Bertz CT molecular complexity index is 453. The summed E-state index contributed by atoms with van der Waals surface area (Å²) < 4.78 is 8.15. The van der Waals surface area contributed by atoms with Gasteiger partial charge in [0.25, 0.3) is 0 Å². The van der Waals surface area contributed by atoms with Crippen LogP contribution in [0.5, 0.6) is 0 Å². The smallest absolute Gasteiger partial charge is 0.182 e. The van der Waals surface area contributed by atoms with Crippen LogP contribution in [0.25, 0.3) is 0 Å². The van der Waals surface area contributed by atoms with E-state index < -0.39 is 0 Å². The van der Waals surface area contributed by atoms with Gasteiger partial charge in [0, 0.05) is 19.6 Å². The number of Topliss-reactive ketones (excluding diaryl/α,β-unsaturated/α-hetero) is 1. The van der Waals surface area contributed by atoms with Gasteiger partial charge in [-0.1, -0.05) is 0 Å². The van der Waals surface area contributed by atoms with Crippen molar-refractivity contribution in [3.05, 3.63) is 16.4 Å². The topological polar surface area (TPSA) is 47.4 Å². The number of nitrogens with zero attached hydrogens (tertiary/aromatic N) is 3. The predicted molar refractivity (Wildman–Crippen MR) is 81.0 cm³/mol. The number of ether oxygens (including phenoxy) is 1. The Balaban J connectivity index is 1.95. The fourth-order valence-electron chi connectivity index (χ4n) is 2.39. The third-order valence-electron chi connectivity index (χ3n) is 3.54. The highest BCUT2D eigenvalue weighted by Crippen LogP contribution is 2.22. The molecule has 0 N–H and O–H groups in total. The van der Waals surface area contributed by atoms with Crippen molar-refractivity contribution in [2.24, 2.45) is 0 Å². The number of hydrogen-bond acceptors (Lipinski definition) is 4. The Kier molecular flexibility index (Phi) is 5.74. The molecule has 0 bridgehead atoms. The fraction of sp³-hybridized carbons (Fsp3) is 0.714. The van der Waals surface area contributed by atoms with Crippen molar-refractivity contribution in [1.29, 1.82) is 0 Å². The van der Waals surface area contributed by atoms with E-state index in [1.54, 1.807) is 10.9 Å². The molecule has 1 aliphatic heterocycles. The van der Waals surface area contributed by atoms with Crippen molar-refractivity contribution in [1.82, 2.24) is 14.7 Å². The first kappa shape index (κ1) is 15.7. The summed E-state index contributed by atoms with van der Waals surface area (Å²) in [6, 6.07) is 0. The van der Waals surface area contributed by atoms with E-state index in [0.717, 1.165) is 43.4 Å². The number of rotatable bonds is 7. The van der Waals surface area contributed by atoms with E-state index in [2.05, 4.69) is 25.9 Å². The van der Waals surface area contributed by atoms with E-state index in [4.69, 9.17) is 4.74 Å². The lowest BCUT2D eigenvalue weighted by atomic mass is 10.1. The van der Waals surface area contributed by atoms with Gasteiger partial charge in [-0.05, 0) is 49.3 Å². The lowest BCUT2D eigenvalue weighted by Crippen LogP contribution is -2.22. The summed E-state index contributed by atoms with van der Waals surface area (Å²) in [5, 5.41) is 4.28. The molecular formula is C14H22BrN3O2. The van der Waals surface area contributed by atoms with Gasteiger partial charge in [0.05, 0.1) is 23.3 Å². The molecule has 0 amide bonds. The molecule has 1 atom stereocenters. The molecule has 0 radical (unpaired) electrons. The van der Waals surface area contributed by atoms with E-state index in [9.17, 15) is 4.79 Å². The Morgan fingerprint density at radius 3 is 3.05 bits per heavy atom. The second kappa shape index (κ2) is 7.33. The average molecular weight is 344 g/mol. The first-order chi connectivity index (χ1) is 9.58. The van der Waals surface area contributed by atoms with Crippen molar-refractivity contribution < 1.29 is 9.53 Å². The first-order valence-corrected chi connectivity index (χ1v) is 7.88. The zero-order valence-electron chi connectivity index (χ0n) is 12.1. The van der Waals surface area contributed by atoms with Gasteiger partial charge in [0.1, 0.15) is 5.69 Å². The van der Waals surface area contributed by atoms with Crippen LogP contribution in [0.1, 0.15) is 36.2 Å². The monoisotopic (exact) mass is 343 g/mol. The van der Waals surface area contributed by atoms with Gasteiger partial charge in [-0.15, -0.1) is 0 Å². The highest BCUT2D eigenvalue weighted by Gasteiger charge is 2.21. The van der Waals surface area contributed by atoms with Crippen LogP contribution in [0, 0.1) is 0 Å². The number of aromatic nitrogens is 2. The maximum absolute atomic E-state index is 12.4. The number of carbonyl (C=O) groups excluding carboxylic acids is 1. The van der Waals surface area contributed by atoms with Crippen molar-refractivity contribution in [2.45, 2.75) is 38.3 Å². The Hall–Kier alpha value is -0.720. The summed E-state index contributed by atoms with van der Waals surface area (Å²) in [4.78, 5) is 14.5. The number of likely N-dealkylation sites (N-methyl/N-ethyl adjacent to an activating group) is 1. The van der Waals surface area contributed by atoms with E-state index >= 15 is 0 Å². The van der Waals surface area contributed by atoms with Crippen LogP contribution in [0.2, 0.25) is 0 Å². The Morgan fingerprint density at radius 2 is 2.40 bits per heavy atom. The molecule has 1 aliphatic rings. The van der Waals surface area contributed by atoms with E-state index in [-0.39, 0.29) is 11.9 Å². The van der Waals surface area contributed by atoms with Crippen LogP contribution in [-0.2, 0) is 11.3 Å². The van der Waals surface area contributed by atoms with Crippen LogP contribution in [0.4, 0.5) is 0 Å². The highest BCUT2D eigenvalue weighted by atomic mass is 79.9. The van der Waals surface area contributed by atoms with Gasteiger partial charge >= 0.3 is 0 Å². The van der Waals surface area contributed by atoms with Crippen LogP contribution in [0.15, 0.2) is 10.7 Å². The molecule has 1 fully saturated rings. The maximum atomic E-state index is 12.4. The molecule has 1 unspecified atom stereocenters. The van der Waals surface area contributed by atoms with Crippen molar-refractivity contribution in [3.63, 3.8) is 0 Å². The van der Waals surface area contributed by atoms with Crippen molar-refractivity contribution in [2.75, 3.05) is 27.2 Å². The van der Waals surface area contributed by atoms with E-state index in [0.29, 0.717) is 12.1 Å².